The molecule has 82 valence electrons. The molecule has 2 aromatic rings. The SMILES string of the molecule is O=C(O)Cc1ccc2nc(Cl)c(Cl)nc2c1. The van der Waals surface area contributed by atoms with Crippen molar-refractivity contribution in [1.29, 1.82) is 0 Å². The molecule has 0 amide bonds. The van der Waals surface area contributed by atoms with Crippen LogP contribution in [0.3, 0.4) is 0 Å². The second-order valence-electron chi connectivity index (χ2n) is 3.20. The molecule has 0 radical (unpaired) electrons. The molecule has 16 heavy (non-hydrogen) atoms. The Bertz CT molecular complexity index is 572. The molecule has 4 nitrogen and oxygen atoms in total. The third-order valence-electron chi connectivity index (χ3n) is 2.00. The highest BCUT2D eigenvalue weighted by Gasteiger charge is 2.06. The number of hydrogen-bond acceptors (Lipinski definition) is 3. The minimum Gasteiger partial charge on any atom is -0.481 e. The maximum absolute atomic E-state index is 10.5. The van der Waals surface area contributed by atoms with Gasteiger partial charge in [-0.25, -0.2) is 9.97 Å². The summed E-state index contributed by atoms with van der Waals surface area (Å²) in [5.41, 5.74) is 1.77. The predicted molar refractivity (Wildman–Crippen MR) is 60.9 cm³/mol. The number of carboxylic acids is 1. The number of halogens is 2. The van der Waals surface area contributed by atoms with Gasteiger partial charge in [0.2, 0.25) is 0 Å². The van der Waals surface area contributed by atoms with E-state index in [1.54, 1.807) is 18.2 Å². The molecule has 0 atom stereocenters. The normalized spacial score (nSPS) is 10.6. The lowest BCUT2D eigenvalue weighted by molar-refractivity contribution is -0.136. The average Bonchev–Trinajstić information content (AvgIpc) is 2.19. The predicted octanol–water partition coefficient (Wildman–Crippen LogP) is 2.56. The number of carbonyl (C=O) groups is 1. The molecular weight excluding hydrogens is 251 g/mol. The fraction of sp³-hybridized carbons (Fsp3) is 0.100. The van der Waals surface area contributed by atoms with Gasteiger partial charge in [-0.3, -0.25) is 4.79 Å². The first-order chi connectivity index (χ1) is 7.56. The minimum atomic E-state index is -0.896. The van der Waals surface area contributed by atoms with E-state index in [4.69, 9.17) is 28.3 Å². The Morgan fingerprint density at radius 2 is 1.81 bits per heavy atom. The Morgan fingerprint density at radius 3 is 2.44 bits per heavy atom. The first-order valence-electron chi connectivity index (χ1n) is 4.40. The fourth-order valence-electron chi connectivity index (χ4n) is 1.34. The summed E-state index contributed by atoms with van der Waals surface area (Å²) in [5, 5.41) is 8.91. The van der Waals surface area contributed by atoms with Gasteiger partial charge in [-0.2, -0.15) is 0 Å². The average molecular weight is 257 g/mol. The lowest BCUT2D eigenvalue weighted by Crippen LogP contribution is -2.00. The van der Waals surface area contributed by atoms with Gasteiger partial charge in [-0.05, 0) is 17.7 Å². The molecule has 0 saturated carbocycles. The van der Waals surface area contributed by atoms with Crippen LogP contribution in [0.5, 0.6) is 0 Å². The van der Waals surface area contributed by atoms with Crippen LogP contribution in [-0.4, -0.2) is 21.0 Å². The van der Waals surface area contributed by atoms with Crippen LogP contribution in [0.2, 0.25) is 10.3 Å². The summed E-state index contributed by atoms with van der Waals surface area (Å²) in [4.78, 5) is 18.6. The first-order valence-corrected chi connectivity index (χ1v) is 5.15. The van der Waals surface area contributed by atoms with Gasteiger partial charge in [0.05, 0.1) is 17.5 Å². The smallest absolute Gasteiger partial charge is 0.307 e. The number of aromatic nitrogens is 2. The molecule has 0 fully saturated rings. The fourth-order valence-corrected chi connectivity index (χ4v) is 1.61. The molecule has 0 bridgehead atoms. The van der Waals surface area contributed by atoms with Gasteiger partial charge in [0.1, 0.15) is 0 Å². The van der Waals surface area contributed by atoms with Crippen LogP contribution in [0.4, 0.5) is 0 Å². The lowest BCUT2D eigenvalue weighted by atomic mass is 10.1. The molecule has 0 aliphatic heterocycles. The number of hydrogen-bond donors (Lipinski definition) is 1. The highest BCUT2D eigenvalue weighted by molar-refractivity contribution is 6.40. The number of rotatable bonds is 2. The molecule has 2 rings (SSSR count). The summed E-state index contributed by atoms with van der Waals surface area (Å²) in [5.74, 6) is -0.896. The van der Waals surface area contributed by atoms with Crippen molar-refractivity contribution in [1.82, 2.24) is 9.97 Å². The molecule has 1 heterocycles. The number of nitrogens with zero attached hydrogens (tertiary/aromatic N) is 2. The van der Waals surface area contributed by atoms with E-state index in [0.29, 0.717) is 16.6 Å². The number of benzene rings is 1. The van der Waals surface area contributed by atoms with E-state index >= 15 is 0 Å². The van der Waals surface area contributed by atoms with E-state index in [2.05, 4.69) is 9.97 Å². The van der Waals surface area contributed by atoms with Crippen LogP contribution in [0.25, 0.3) is 11.0 Å². The zero-order valence-corrected chi connectivity index (χ0v) is 9.46. The van der Waals surface area contributed by atoms with Crippen molar-refractivity contribution >= 4 is 40.2 Å². The zero-order chi connectivity index (χ0) is 11.7. The van der Waals surface area contributed by atoms with E-state index in [1.165, 1.54) is 0 Å². The summed E-state index contributed by atoms with van der Waals surface area (Å²) < 4.78 is 0. The van der Waals surface area contributed by atoms with Crippen molar-refractivity contribution < 1.29 is 9.90 Å². The van der Waals surface area contributed by atoms with Crippen molar-refractivity contribution in [2.75, 3.05) is 0 Å². The summed E-state index contributed by atoms with van der Waals surface area (Å²) in [6.07, 6.45) is -0.0577. The number of aliphatic carboxylic acids is 1. The molecule has 0 spiro atoms. The monoisotopic (exact) mass is 256 g/mol. The van der Waals surface area contributed by atoms with Gasteiger partial charge in [-0.15, -0.1) is 0 Å². The molecule has 1 aromatic carbocycles. The van der Waals surface area contributed by atoms with Gasteiger partial charge in [-0.1, -0.05) is 29.3 Å². The van der Waals surface area contributed by atoms with Crippen LogP contribution >= 0.6 is 23.2 Å². The second-order valence-corrected chi connectivity index (χ2v) is 3.91. The second kappa shape index (κ2) is 4.23. The van der Waals surface area contributed by atoms with Crippen LogP contribution in [-0.2, 0) is 11.2 Å². The van der Waals surface area contributed by atoms with Gasteiger partial charge in [0.15, 0.2) is 10.3 Å². The van der Waals surface area contributed by atoms with E-state index in [9.17, 15) is 4.79 Å². The minimum absolute atomic E-state index is 0.0577. The maximum atomic E-state index is 10.5. The summed E-state index contributed by atoms with van der Waals surface area (Å²) in [6.45, 7) is 0. The number of fused-ring (bicyclic) bond motifs is 1. The van der Waals surface area contributed by atoms with Gasteiger partial charge >= 0.3 is 5.97 Å². The zero-order valence-electron chi connectivity index (χ0n) is 7.94. The molecule has 1 aromatic heterocycles. The summed E-state index contributed by atoms with van der Waals surface area (Å²) >= 11 is 11.4. The van der Waals surface area contributed by atoms with Crippen molar-refractivity contribution in [3.63, 3.8) is 0 Å². The quantitative estimate of drug-likeness (QED) is 0.897. The maximum Gasteiger partial charge on any atom is 0.307 e. The van der Waals surface area contributed by atoms with Crippen LogP contribution in [0.1, 0.15) is 5.56 Å². The molecule has 0 aliphatic carbocycles. The molecular formula is C10H6Cl2N2O2. The highest BCUT2D eigenvalue weighted by atomic mass is 35.5. The van der Waals surface area contributed by atoms with Crippen molar-refractivity contribution in [3.05, 3.63) is 34.1 Å². The number of carboxylic acid groups (broad SMARTS) is 1. The molecule has 0 aliphatic rings. The Kier molecular flexibility index (Phi) is 2.94. The Balaban J connectivity index is 2.53. The van der Waals surface area contributed by atoms with Gasteiger partial charge < -0.3 is 5.11 Å². The van der Waals surface area contributed by atoms with E-state index in [0.717, 1.165) is 0 Å². The van der Waals surface area contributed by atoms with Crippen molar-refractivity contribution in [2.24, 2.45) is 0 Å². The Hall–Kier alpha value is -1.39. The molecule has 0 unspecified atom stereocenters. The largest absolute Gasteiger partial charge is 0.481 e. The van der Waals surface area contributed by atoms with E-state index < -0.39 is 5.97 Å². The van der Waals surface area contributed by atoms with Crippen molar-refractivity contribution in [2.45, 2.75) is 6.42 Å². The lowest BCUT2D eigenvalue weighted by Gasteiger charge is -2.01. The summed E-state index contributed by atoms with van der Waals surface area (Å²) in [6, 6.07) is 4.98. The van der Waals surface area contributed by atoms with E-state index in [1.807, 2.05) is 0 Å². The van der Waals surface area contributed by atoms with Crippen LogP contribution < -0.4 is 0 Å². The molecule has 1 N–H and O–H groups in total. The third kappa shape index (κ3) is 2.23. The summed E-state index contributed by atoms with van der Waals surface area (Å²) in [7, 11) is 0. The van der Waals surface area contributed by atoms with E-state index in [-0.39, 0.29) is 16.7 Å². The standard InChI is InChI=1S/C10H6Cl2N2O2/c11-9-10(12)14-7-3-5(4-8(15)16)1-2-6(7)13-9/h1-3H,4H2,(H,15,16). The van der Waals surface area contributed by atoms with Gasteiger partial charge in [0, 0.05) is 0 Å². The third-order valence-corrected chi connectivity index (χ3v) is 2.63. The first kappa shape index (κ1) is 11.1. The molecule has 6 heteroatoms. The van der Waals surface area contributed by atoms with Gasteiger partial charge in [0.25, 0.3) is 0 Å². The Labute approximate surface area is 101 Å². The van der Waals surface area contributed by atoms with Crippen LogP contribution in [0.15, 0.2) is 18.2 Å². The highest BCUT2D eigenvalue weighted by Crippen LogP contribution is 2.21. The molecule has 0 saturated heterocycles. The Morgan fingerprint density at radius 1 is 1.19 bits per heavy atom. The topological polar surface area (TPSA) is 63.1 Å². The van der Waals surface area contributed by atoms with Crippen LogP contribution in [0, 0.1) is 0 Å². The van der Waals surface area contributed by atoms with Crippen molar-refractivity contribution in [3.8, 4) is 0 Å².